The maximum Gasteiger partial charge on any atom is 0.407 e. The van der Waals surface area contributed by atoms with Gasteiger partial charge >= 0.3 is 6.09 Å². The molecule has 5 heteroatoms. The molecular weight excluding hydrogens is 278 g/mol. The zero-order valence-electron chi connectivity index (χ0n) is 13.4. The van der Waals surface area contributed by atoms with Gasteiger partial charge in [0.2, 0.25) is 0 Å². The highest BCUT2D eigenvalue weighted by atomic mass is 16.6. The summed E-state index contributed by atoms with van der Waals surface area (Å²) in [5, 5.41) is 11.7. The van der Waals surface area contributed by atoms with Crippen LogP contribution in [0.25, 0.3) is 0 Å². The maximum atomic E-state index is 11.8. The molecule has 1 saturated heterocycles. The van der Waals surface area contributed by atoms with E-state index in [9.17, 15) is 4.79 Å². The standard InChI is InChI=1S/C17H23N3O2/c1-17(2,3)22-16(21)19-15-8-9-20(12-15)11-14-6-4-13(10-18)5-7-14/h4-7,15H,8-9,11-12H2,1-3H3,(H,19,21)/t15-/m0/s1. The molecule has 1 amide bonds. The van der Waals surface area contributed by atoms with Crippen molar-refractivity contribution >= 4 is 6.09 Å². The number of amides is 1. The van der Waals surface area contributed by atoms with Crippen molar-refractivity contribution in [1.29, 1.82) is 5.26 Å². The number of hydrogen-bond donors (Lipinski definition) is 1. The molecule has 0 bridgehead atoms. The molecule has 5 nitrogen and oxygen atoms in total. The summed E-state index contributed by atoms with van der Waals surface area (Å²) in [5.74, 6) is 0. The van der Waals surface area contributed by atoms with Gasteiger partial charge in [0.05, 0.1) is 11.6 Å². The van der Waals surface area contributed by atoms with Crippen LogP contribution in [0.2, 0.25) is 0 Å². The summed E-state index contributed by atoms with van der Waals surface area (Å²) in [6.07, 6.45) is 0.577. The molecule has 1 aromatic carbocycles. The van der Waals surface area contributed by atoms with Crippen LogP contribution in [0.1, 0.15) is 38.3 Å². The quantitative estimate of drug-likeness (QED) is 0.932. The third kappa shape index (κ3) is 5.05. The van der Waals surface area contributed by atoms with E-state index in [0.29, 0.717) is 5.56 Å². The lowest BCUT2D eigenvalue weighted by molar-refractivity contribution is 0.0506. The van der Waals surface area contributed by atoms with Crippen molar-refractivity contribution in [2.75, 3.05) is 13.1 Å². The highest BCUT2D eigenvalue weighted by molar-refractivity contribution is 5.68. The van der Waals surface area contributed by atoms with Crippen LogP contribution in [0.4, 0.5) is 4.79 Å². The molecule has 0 aromatic heterocycles. The predicted octanol–water partition coefficient (Wildman–Crippen LogP) is 2.66. The predicted molar refractivity (Wildman–Crippen MR) is 84.2 cm³/mol. The molecule has 0 spiro atoms. The molecule has 1 fully saturated rings. The van der Waals surface area contributed by atoms with Gasteiger partial charge in [0.1, 0.15) is 5.60 Å². The van der Waals surface area contributed by atoms with E-state index in [1.807, 2.05) is 45.0 Å². The van der Waals surface area contributed by atoms with Gasteiger partial charge in [-0.3, -0.25) is 4.90 Å². The lowest BCUT2D eigenvalue weighted by Gasteiger charge is -2.22. The van der Waals surface area contributed by atoms with Gasteiger partial charge in [-0.25, -0.2) is 4.79 Å². The van der Waals surface area contributed by atoms with E-state index in [-0.39, 0.29) is 12.1 Å². The molecule has 1 aliphatic rings. The third-order valence-electron chi connectivity index (χ3n) is 3.48. The van der Waals surface area contributed by atoms with Gasteiger partial charge in [0, 0.05) is 25.7 Å². The maximum absolute atomic E-state index is 11.8. The van der Waals surface area contributed by atoms with E-state index in [1.54, 1.807) is 0 Å². The van der Waals surface area contributed by atoms with Gasteiger partial charge in [0.15, 0.2) is 0 Å². The van der Waals surface area contributed by atoms with E-state index in [4.69, 9.17) is 10.00 Å². The number of likely N-dealkylation sites (tertiary alicyclic amines) is 1. The average molecular weight is 301 g/mol. The van der Waals surface area contributed by atoms with Crippen LogP contribution in [0, 0.1) is 11.3 Å². The van der Waals surface area contributed by atoms with Gasteiger partial charge in [-0.1, -0.05) is 12.1 Å². The van der Waals surface area contributed by atoms with Gasteiger partial charge in [-0.2, -0.15) is 5.26 Å². The lowest BCUT2D eigenvalue weighted by Crippen LogP contribution is -2.40. The molecule has 1 atom stereocenters. The first kappa shape index (κ1) is 16.3. The molecule has 1 aromatic rings. The van der Waals surface area contributed by atoms with Gasteiger partial charge in [-0.05, 0) is 44.9 Å². The van der Waals surface area contributed by atoms with Crippen LogP contribution < -0.4 is 5.32 Å². The summed E-state index contributed by atoms with van der Waals surface area (Å²) >= 11 is 0. The van der Waals surface area contributed by atoms with Crippen molar-refractivity contribution in [2.45, 2.75) is 45.4 Å². The fraction of sp³-hybridized carbons (Fsp3) is 0.529. The Labute approximate surface area is 131 Å². The molecule has 1 heterocycles. The molecule has 0 saturated carbocycles. The van der Waals surface area contributed by atoms with E-state index < -0.39 is 5.60 Å². The summed E-state index contributed by atoms with van der Waals surface area (Å²) in [7, 11) is 0. The SMILES string of the molecule is CC(C)(C)OC(=O)N[C@H]1CCN(Cc2ccc(C#N)cc2)C1. The van der Waals surface area contributed by atoms with E-state index >= 15 is 0 Å². The second kappa shape index (κ2) is 6.80. The van der Waals surface area contributed by atoms with Crippen LogP contribution >= 0.6 is 0 Å². The number of carbonyl (C=O) groups is 1. The fourth-order valence-electron chi connectivity index (χ4n) is 2.51. The summed E-state index contributed by atoms with van der Waals surface area (Å²) in [5.41, 5.74) is 1.39. The third-order valence-corrected chi connectivity index (χ3v) is 3.48. The number of rotatable bonds is 3. The van der Waals surface area contributed by atoms with Crippen LogP contribution in [0.5, 0.6) is 0 Å². The molecule has 0 unspecified atom stereocenters. The monoisotopic (exact) mass is 301 g/mol. The smallest absolute Gasteiger partial charge is 0.407 e. The van der Waals surface area contributed by atoms with Crippen molar-refractivity contribution in [2.24, 2.45) is 0 Å². The van der Waals surface area contributed by atoms with Crippen molar-refractivity contribution in [3.05, 3.63) is 35.4 Å². The fourth-order valence-corrected chi connectivity index (χ4v) is 2.51. The zero-order chi connectivity index (χ0) is 16.2. The van der Waals surface area contributed by atoms with Crippen molar-refractivity contribution < 1.29 is 9.53 Å². The van der Waals surface area contributed by atoms with Gasteiger partial charge < -0.3 is 10.1 Å². The van der Waals surface area contributed by atoms with Crippen LogP contribution in [-0.4, -0.2) is 35.7 Å². The molecular formula is C17H23N3O2. The van der Waals surface area contributed by atoms with E-state index in [1.165, 1.54) is 5.56 Å². The number of nitriles is 1. The zero-order valence-corrected chi connectivity index (χ0v) is 13.4. The van der Waals surface area contributed by atoms with Crippen LogP contribution in [-0.2, 0) is 11.3 Å². The lowest BCUT2D eigenvalue weighted by atomic mass is 10.1. The number of benzene rings is 1. The molecule has 1 aliphatic heterocycles. The molecule has 0 radical (unpaired) electrons. The Kier molecular flexibility index (Phi) is 5.04. The minimum absolute atomic E-state index is 0.133. The average Bonchev–Trinajstić information content (AvgIpc) is 2.84. The first-order valence-corrected chi connectivity index (χ1v) is 7.56. The Bertz CT molecular complexity index is 555. The molecule has 0 aliphatic carbocycles. The highest BCUT2D eigenvalue weighted by Crippen LogP contribution is 2.15. The summed E-state index contributed by atoms with van der Waals surface area (Å²) in [4.78, 5) is 14.1. The van der Waals surface area contributed by atoms with E-state index in [0.717, 1.165) is 26.1 Å². The molecule has 22 heavy (non-hydrogen) atoms. The minimum Gasteiger partial charge on any atom is -0.444 e. The Hall–Kier alpha value is -2.06. The number of alkyl carbamates (subject to hydrolysis) is 1. The number of ether oxygens (including phenoxy) is 1. The van der Waals surface area contributed by atoms with E-state index in [2.05, 4.69) is 16.3 Å². The Morgan fingerprint density at radius 3 is 2.68 bits per heavy atom. The number of nitrogens with zero attached hydrogens (tertiary/aromatic N) is 2. The van der Waals surface area contributed by atoms with Gasteiger partial charge in [0.25, 0.3) is 0 Å². The Balaban J connectivity index is 1.80. The Morgan fingerprint density at radius 1 is 1.41 bits per heavy atom. The topological polar surface area (TPSA) is 65.4 Å². The number of carbonyl (C=O) groups excluding carboxylic acids is 1. The number of hydrogen-bond acceptors (Lipinski definition) is 4. The van der Waals surface area contributed by atoms with Crippen molar-refractivity contribution in [3.8, 4) is 6.07 Å². The number of nitrogens with one attached hydrogen (secondary N) is 1. The minimum atomic E-state index is -0.467. The normalized spacial score (nSPS) is 18.7. The second-order valence-electron chi connectivity index (χ2n) is 6.68. The summed E-state index contributed by atoms with van der Waals surface area (Å²) < 4.78 is 5.28. The summed E-state index contributed by atoms with van der Waals surface area (Å²) in [6, 6.07) is 9.88. The van der Waals surface area contributed by atoms with Crippen molar-refractivity contribution in [1.82, 2.24) is 10.2 Å². The second-order valence-corrected chi connectivity index (χ2v) is 6.68. The van der Waals surface area contributed by atoms with Gasteiger partial charge in [-0.15, -0.1) is 0 Å². The molecule has 118 valence electrons. The Morgan fingerprint density at radius 2 is 2.09 bits per heavy atom. The first-order valence-electron chi connectivity index (χ1n) is 7.56. The molecule has 1 N–H and O–H groups in total. The summed E-state index contributed by atoms with van der Waals surface area (Å²) in [6.45, 7) is 8.17. The largest absolute Gasteiger partial charge is 0.444 e. The first-order chi connectivity index (χ1) is 10.4. The highest BCUT2D eigenvalue weighted by Gasteiger charge is 2.25. The molecule has 2 rings (SSSR count). The van der Waals surface area contributed by atoms with Crippen molar-refractivity contribution in [3.63, 3.8) is 0 Å². The van der Waals surface area contributed by atoms with Crippen LogP contribution in [0.15, 0.2) is 24.3 Å². The van der Waals surface area contributed by atoms with Crippen LogP contribution in [0.3, 0.4) is 0 Å².